The standard InChI is InChI=1S/C20H26N2O4/c1-16-20(24-2)19(23)8-10-22(16)17-4-6-18(7-5-17)26-13-3-9-21-11-14-25-15-12-21/h4-8,10H,3,9,11-15H2,1-2H3. The van der Waals surface area contributed by atoms with E-state index in [4.69, 9.17) is 14.2 Å². The summed E-state index contributed by atoms with van der Waals surface area (Å²) in [7, 11) is 1.52. The first-order chi connectivity index (χ1) is 12.7. The molecule has 1 aliphatic rings. The Labute approximate surface area is 153 Å². The molecule has 140 valence electrons. The van der Waals surface area contributed by atoms with Crippen LogP contribution in [0.3, 0.4) is 0 Å². The minimum absolute atomic E-state index is 0.110. The van der Waals surface area contributed by atoms with Gasteiger partial charge >= 0.3 is 0 Å². The average Bonchev–Trinajstić information content (AvgIpc) is 2.67. The van der Waals surface area contributed by atoms with Crippen molar-refractivity contribution < 1.29 is 14.2 Å². The molecule has 1 aromatic carbocycles. The molecule has 0 atom stereocenters. The van der Waals surface area contributed by atoms with Crippen molar-refractivity contribution in [2.75, 3.05) is 46.6 Å². The van der Waals surface area contributed by atoms with Crippen molar-refractivity contribution in [3.63, 3.8) is 0 Å². The third kappa shape index (κ3) is 4.45. The minimum Gasteiger partial charge on any atom is -0.494 e. The predicted octanol–water partition coefficient (Wildman–Crippen LogP) is 2.26. The number of hydrogen-bond acceptors (Lipinski definition) is 5. The fraction of sp³-hybridized carbons (Fsp3) is 0.450. The van der Waals surface area contributed by atoms with Crippen molar-refractivity contribution in [3.05, 3.63) is 52.4 Å². The maximum absolute atomic E-state index is 11.8. The molecule has 0 bridgehead atoms. The van der Waals surface area contributed by atoms with Crippen LogP contribution in [0.25, 0.3) is 5.69 Å². The van der Waals surface area contributed by atoms with Crippen LogP contribution < -0.4 is 14.9 Å². The summed E-state index contributed by atoms with van der Waals surface area (Å²) in [6, 6.07) is 9.38. The Morgan fingerprint density at radius 3 is 2.54 bits per heavy atom. The van der Waals surface area contributed by atoms with Crippen molar-refractivity contribution in [1.82, 2.24) is 9.47 Å². The molecule has 3 rings (SSSR count). The van der Waals surface area contributed by atoms with Crippen molar-refractivity contribution in [2.45, 2.75) is 13.3 Å². The molecule has 6 heteroatoms. The van der Waals surface area contributed by atoms with Crippen molar-refractivity contribution in [3.8, 4) is 17.2 Å². The highest BCUT2D eigenvalue weighted by Gasteiger charge is 2.10. The first-order valence-electron chi connectivity index (χ1n) is 8.98. The molecule has 2 heterocycles. The number of nitrogens with zero attached hydrogens (tertiary/aromatic N) is 2. The van der Waals surface area contributed by atoms with E-state index in [0.29, 0.717) is 12.4 Å². The van der Waals surface area contributed by atoms with E-state index in [0.717, 1.165) is 56.4 Å². The largest absolute Gasteiger partial charge is 0.494 e. The zero-order valence-electron chi connectivity index (χ0n) is 15.4. The van der Waals surface area contributed by atoms with Crippen LogP contribution in [0.5, 0.6) is 11.5 Å². The Hall–Kier alpha value is -2.31. The molecule has 0 unspecified atom stereocenters. The zero-order valence-corrected chi connectivity index (χ0v) is 15.4. The van der Waals surface area contributed by atoms with E-state index in [1.807, 2.05) is 35.8 Å². The Morgan fingerprint density at radius 2 is 1.85 bits per heavy atom. The van der Waals surface area contributed by atoms with Gasteiger partial charge in [-0.25, -0.2) is 0 Å². The molecule has 26 heavy (non-hydrogen) atoms. The molecule has 2 aromatic rings. The van der Waals surface area contributed by atoms with Gasteiger partial charge in [0.2, 0.25) is 5.43 Å². The quantitative estimate of drug-likeness (QED) is 0.711. The number of methoxy groups -OCH3 is 1. The molecule has 0 aliphatic carbocycles. The normalized spacial score (nSPS) is 15.0. The highest BCUT2D eigenvalue weighted by atomic mass is 16.5. The van der Waals surface area contributed by atoms with Crippen LogP contribution in [0.4, 0.5) is 0 Å². The molecule has 0 spiro atoms. The monoisotopic (exact) mass is 358 g/mol. The first kappa shape index (κ1) is 18.5. The smallest absolute Gasteiger partial charge is 0.223 e. The second kappa shape index (κ2) is 8.87. The second-order valence-corrected chi connectivity index (χ2v) is 6.32. The molecule has 1 saturated heterocycles. The maximum atomic E-state index is 11.8. The van der Waals surface area contributed by atoms with Gasteiger partial charge in [0.15, 0.2) is 5.75 Å². The van der Waals surface area contributed by atoms with Crippen LogP contribution in [0.15, 0.2) is 41.3 Å². The second-order valence-electron chi connectivity index (χ2n) is 6.32. The number of aromatic nitrogens is 1. The number of morpholine rings is 1. The van der Waals surface area contributed by atoms with Crippen molar-refractivity contribution >= 4 is 0 Å². The minimum atomic E-state index is -0.110. The molecular formula is C20H26N2O4. The van der Waals surface area contributed by atoms with Crippen molar-refractivity contribution in [1.29, 1.82) is 0 Å². The fourth-order valence-corrected chi connectivity index (χ4v) is 3.15. The van der Waals surface area contributed by atoms with Crippen LogP contribution in [0.2, 0.25) is 0 Å². The first-order valence-corrected chi connectivity index (χ1v) is 8.98. The van der Waals surface area contributed by atoms with Gasteiger partial charge in [-0.15, -0.1) is 0 Å². The van der Waals surface area contributed by atoms with Crippen LogP contribution in [0, 0.1) is 6.92 Å². The zero-order chi connectivity index (χ0) is 18.4. The molecule has 0 saturated carbocycles. The topological polar surface area (TPSA) is 52.9 Å². The molecule has 0 N–H and O–H groups in total. The number of ether oxygens (including phenoxy) is 3. The van der Waals surface area contributed by atoms with E-state index in [-0.39, 0.29) is 5.43 Å². The Balaban J connectivity index is 1.56. The van der Waals surface area contributed by atoms with E-state index < -0.39 is 0 Å². The fourth-order valence-electron chi connectivity index (χ4n) is 3.15. The van der Waals surface area contributed by atoms with Gasteiger partial charge in [-0.2, -0.15) is 0 Å². The predicted molar refractivity (Wildman–Crippen MR) is 101 cm³/mol. The summed E-state index contributed by atoms with van der Waals surface area (Å²) in [6.45, 7) is 7.29. The highest BCUT2D eigenvalue weighted by molar-refractivity contribution is 5.41. The molecule has 1 aliphatic heterocycles. The Bertz CT molecular complexity index is 764. The van der Waals surface area contributed by atoms with Gasteiger partial charge in [0, 0.05) is 37.6 Å². The van der Waals surface area contributed by atoms with Gasteiger partial charge < -0.3 is 18.8 Å². The van der Waals surface area contributed by atoms with Gasteiger partial charge in [0.05, 0.1) is 32.6 Å². The lowest BCUT2D eigenvalue weighted by Crippen LogP contribution is -2.37. The third-order valence-corrected chi connectivity index (χ3v) is 4.60. The van der Waals surface area contributed by atoms with E-state index in [9.17, 15) is 4.79 Å². The summed E-state index contributed by atoms with van der Waals surface area (Å²) in [5, 5.41) is 0. The van der Waals surface area contributed by atoms with E-state index in [2.05, 4.69) is 4.90 Å². The number of rotatable bonds is 7. The van der Waals surface area contributed by atoms with Crippen LogP contribution >= 0.6 is 0 Å². The van der Waals surface area contributed by atoms with Crippen LogP contribution in [-0.4, -0.2) is 56.0 Å². The molecule has 0 radical (unpaired) electrons. The summed E-state index contributed by atoms with van der Waals surface area (Å²) in [5.74, 6) is 1.22. The number of hydrogen-bond donors (Lipinski definition) is 0. The Kier molecular flexibility index (Phi) is 6.30. The van der Waals surface area contributed by atoms with Gasteiger partial charge in [-0.1, -0.05) is 0 Å². The molecule has 1 fully saturated rings. The summed E-state index contributed by atoms with van der Waals surface area (Å²) in [4.78, 5) is 14.2. The van der Waals surface area contributed by atoms with Crippen molar-refractivity contribution in [2.24, 2.45) is 0 Å². The highest BCUT2D eigenvalue weighted by Crippen LogP contribution is 2.20. The van der Waals surface area contributed by atoms with Gasteiger partial charge in [0.1, 0.15) is 5.75 Å². The number of benzene rings is 1. The average molecular weight is 358 g/mol. The van der Waals surface area contributed by atoms with E-state index in [1.54, 1.807) is 6.20 Å². The summed E-state index contributed by atoms with van der Waals surface area (Å²) in [5.41, 5.74) is 1.63. The van der Waals surface area contributed by atoms with E-state index >= 15 is 0 Å². The lowest BCUT2D eigenvalue weighted by molar-refractivity contribution is 0.0358. The third-order valence-electron chi connectivity index (χ3n) is 4.60. The molecule has 1 aromatic heterocycles. The summed E-state index contributed by atoms with van der Waals surface area (Å²) < 4.78 is 18.3. The number of pyridine rings is 1. The molecule has 6 nitrogen and oxygen atoms in total. The van der Waals surface area contributed by atoms with Gasteiger partial charge in [0.25, 0.3) is 0 Å². The Morgan fingerprint density at radius 1 is 1.12 bits per heavy atom. The van der Waals surface area contributed by atoms with E-state index in [1.165, 1.54) is 13.2 Å². The SMILES string of the molecule is COc1c(C)n(-c2ccc(OCCCN3CCOCC3)cc2)ccc1=O. The molecule has 0 amide bonds. The van der Waals surface area contributed by atoms with Crippen LogP contribution in [0.1, 0.15) is 12.1 Å². The summed E-state index contributed by atoms with van der Waals surface area (Å²) >= 11 is 0. The lowest BCUT2D eigenvalue weighted by Gasteiger charge is -2.26. The maximum Gasteiger partial charge on any atom is 0.223 e. The molecular weight excluding hydrogens is 332 g/mol. The lowest BCUT2D eigenvalue weighted by atomic mass is 10.2. The van der Waals surface area contributed by atoms with Crippen LogP contribution in [-0.2, 0) is 4.74 Å². The summed E-state index contributed by atoms with van der Waals surface area (Å²) in [6.07, 6.45) is 2.76. The van der Waals surface area contributed by atoms with Gasteiger partial charge in [-0.3, -0.25) is 9.69 Å². The van der Waals surface area contributed by atoms with Gasteiger partial charge in [-0.05, 0) is 37.6 Å².